The van der Waals surface area contributed by atoms with E-state index < -0.39 is 16.0 Å². The van der Waals surface area contributed by atoms with Gasteiger partial charge in [-0.2, -0.15) is 0 Å². The molecule has 1 atom stereocenters. The first kappa shape index (κ1) is 15.3. The summed E-state index contributed by atoms with van der Waals surface area (Å²) in [5.41, 5.74) is 0. The van der Waals surface area contributed by atoms with E-state index in [1.165, 1.54) is 0 Å². The highest BCUT2D eigenvalue weighted by molar-refractivity contribution is 7.89. The number of hydrogen-bond donors (Lipinski definition) is 2. The van der Waals surface area contributed by atoms with E-state index in [-0.39, 0.29) is 31.2 Å². The molecule has 0 aliphatic carbocycles. The average molecular weight is 253 g/mol. The van der Waals surface area contributed by atoms with Crippen LogP contribution >= 0.6 is 0 Å². The fraction of sp³-hybridized carbons (Fsp3) is 0.889. The van der Waals surface area contributed by atoms with Crippen LogP contribution in [0, 0.1) is 5.92 Å². The van der Waals surface area contributed by atoms with Gasteiger partial charge in [-0.3, -0.25) is 4.79 Å². The third-order valence-electron chi connectivity index (χ3n) is 1.88. The number of rotatable bonds is 9. The van der Waals surface area contributed by atoms with Gasteiger partial charge in [-0.25, -0.2) is 13.1 Å². The average Bonchev–Trinajstić information content (AvgIpc) is 2.14. The molecule has 0 saturated carbocycles. The standard InChI is InChI=1S/C9H19NO5S/c1-3-15-4-5-16(13,14)10-7-8(2)6-9(11)12/h8,10H,3-7H2,1-2H3,(H,11,12). The summed E-state index contributed by atoms with van der Waals surface area (Å²) >= 11 is 0. The predicted octanol–water partition coefficient (Wildman–Crippen LogP) is 0.0531. The van der Waals surface area contributed by atoms with Gasteiger partial charge in [-0.15, -0.1) is 0 Å². The fourth-order valence-electron chi connectivity index (χ4n) is 1.02. The van der Waals surface area contributed by atoms with Gasteiger partial charge in [-0.1, -0.05) is 6.92 Å². The summed E-state index contributed by atoms with van der Waals surface area (Å²) in [4.78, 5) is 10.3. The van der Waals surface area contributed by atoms with E-state index in [0.717, 1.165) is 0 Å². The van der Waals surface area contributed by atoms with Crippen LogP contribution in [-0.2, 0) is 19.6 Å². The zero-order valence-corrected chi connectivity index (χ0v) is 10.4. The Morgan fingerprint density at radius 3 is 2.62 bits per heavy atom. The summed E-state index contributed by atoms with van der Waals surface area (Å²) in [5, 5.41) is 8.49. The number of aliphatic carboxylic acids is 1. The number of hydrogen-bond acceptors (Lipinski definition) is 4. The first-order valence-electron chi connectivity index (χ1n) is 5.14. The lowest BCUT2D eigenvalue weighted by molar-refractivity contribution is -0.137. The van der Waals surface area contributed by atoms with Crippen LogP contribution in [0.4, 0.5) is 0 Å². The summed E-state index contributed by atoms with van der Waals surface area (Å²) in [6.07, 6.45) is -0.0476. The molecule has 1 unspecified atom stereocenters. The van der Waals surface area contributed by atoms with Crippen molar-refractivity contribution in [2.45, 2.75) is 20.3 Å². The topological polar surface area (TPSA) is 92.7 Å². The fourth-order valence-corrected chi connectivity index (χ4v) is 2.04. The van der Waals surface area contributed by atoms with E-state index >= 15 is 0 Å². The largest absolute Gasteiger partial charge is 0.481 e. The zero-order chi connectivity index (χ0) is 12.6. The molecular formula is C9H19NO5S. The van der Waals surface area contributed by atoms with Crippen molar-refractivity contribution in [3.8, 4) is 0 Å². The second-order valence-electron chi connectivity index (χ2n) is 3.57. The Morgan fingerprint density at radius 1 is 1.50 bits per heavy atom. The highest BCUT2D eigenvalue weighted by atomic mass is 32.2. The summed E-state index contributed by atoms with van der Waals surface area (Å²) < 4.78 is 30.0. The molecule has 0 aromatic rings. The molecule has 16 heavy (non-hydrogen) atoms. The van der Waals surface area contributed by atoms with Gasteiger partial charge in [0.15, 0.2) is 0 Å². The number of ether oxygens (including phenoxy) is 1. The second-order valence-corrected chi connectivity index (χ2v) is 5.49. The molecule has 0 aromatic carbocycles. The number of sulfonamides is 1. The lowest BCUT2D eigenvalue weighted by Gasteiger charge is -2.10. The highest BCUT2D eigenvalue weighted by Gasteiger charge is 2.13. The molecule has 0 heterocycles. The molecule has 0 aliphatic heterocycles. The van der Waals surface area contributed by atoms with Crippen molar-refractivity contribution in [2.75, 3.05) is 25.5 Å². The van der Waals surface area contributed by atoms with E-state index in [1.807, 2.05) is 0 Å². The van der Waals surface area contributed by atoms with Gasteiger partial charge in [0.2, 0.25) is 10.0 Å². The van der Waals surface area contributed by atoms with Gasteiger partial charge in [0, 0.05) is 19.6 Å². The van der Waals surface area contributed by atoms with Crippen molar-refractivity contribution in [1.29, 1.82) is 0 Å². The van der Waals surface area contributed by atoms with Crippen LogP contribution < -0.4 is 4.72 Å². The molecule has 0 aromatic heterocycles. The van der Waals surface area contributed by atoms with Gasteiger partial charge < -0.3 is 9.84 Å². The van der Waals surface area contributed by atoms with E-state index in [0.29, 0.717) is 6.61 Å². The first-order chi connectivity index (χ1) is 7.37. The molecule has 0 saturated heterocycles. The maximum Gasteiger partial charge on any atom is 0.303 e. The molecule has 0 spiro atoms. The SMILES string of the molecule is CCOCCS(=O)(=O)NCC(C)CC(=O)O. The van der Waals surface area contributed by atoms with Gasteiger partial charge in [0.1, 0.15) is 0 Å². The summed E-state index contributed by atoms with van der Waals surface area (Å²) in [5.74, 6) is -1.25. The van der Waals surface area contributed by atoms with Crippen LogP contribution in [0.25, 0.3) is 0 Å². The molecular weight excluding hydrogens is 234 g/mol. The number of carboxylic acids is 1. The van der Waals surface area contributed by atoms with Crippen LogP contribution in [0.1, 0.15) is 20.3 Å². The highest BCUT2D eigenvalue weighted by Crippen LogP contribution is 2.00. The maximum absolute atomic E-state index is 11.4. The Kier molecular flexibility index (Phi) is 7.27. The lowest BCUT2D eigenvalue weighted by Crippen LogP contribution is -2.32. The Labute approximate surface area is 96.0 Å². The molecule has 0 bridgehead atoms. The van der Waals surface area contributed by atoms with Gasteiger partial charge in [0.05, 0.1) is 12.4 Å². The molecule has 0 aliphatic rings. The Bertz CT molecular complexity index is 301. The number of carbonyl (C=O) groups is 1. The van der Waals surface area contributed by atoms with E-state index in [1.54, 1.807) is 13.8 Å². The second kappa shape index (κ2) is 7.59. The third-order valence-corrected chi connectivity index (χ3v) is 3.19. The minimum atomic E-state index is -3.35. The van der Waals surface area contributed by atoms with Gasteiger partial charge in [-0.05, 0) is 12.8 Å². The van der Waals surface area contributed by atoms with E-state index in [2.05, 4.69) is 4.72 Å². The monoisotopic (exact) mass is 253 g/mol. The van der Waals surface area contributed by atoms with Gasteiger partial charge in [0.25, 0.3) is 0 Å². The maximum atomic E-state index is 11.4. The molecule has 0 radical (unpaired) electrons. The number of nitrogens with one attached hydrogen (secondary N) is 1. The third kappa shape index (κ3) is 8.63. The van der Waals surface area contributed by atoms with Crippen molar-refractivity contribution >= 4 is 16.0 Å². The summed E-state index contributed by atoms with van der Waals surface area (Å²) in [6.45, 7) is 4.24. The minimum absolute atomic E-state index is 0.0476. The van der Waals surface area contributed by atoms with Gasteiger partial charge >= 0.3 is 5.97 Å². The smallest absolute Gasteiger partial charge is 0.303 e. The lowest BCUT2D eigenvalue weighted by atomic mass is 10.1. The zero-order valence-electron chi connectivity index (χ0n) is 9.60. The van der Waals surface area contributed by atoms with Crippen LogP contribution in [-0.4, -0.2) is 45.0 Å². The summed E-state index contributed by atoms with van der Waals surface area (Å²) in [6, 6.07) is 0. The van der Waals surface area contributed by atoms with Crippen LogP contribution in [0.2, 0.25) is 0 Å². The van der Waals surface area contributed by atoms with Crippen LogP contribution in [0.3, 0.4) is 0 Å². The Balaban J connectivity index is 3.85. The quantitative estimate of drug-likeness (QED) is 0.566. The Hall–Kier alpha value is -0.660. The molecule has 6 nitrogen and oxygen atoms in total. The number of carboxylic acid groups (broad SMARTS) is 1. The molecule has 96 valence electrons. The molecule has 7 heteroatoms. The van der Waals surface area contributed by atoms with Crippen molar-refractivity contribution in [2.24, 2.45) is 5.92 Å². The minimum Gasteiger partial charge on any atom is -0.481 e. The first-order valence-corrected chi connectivity index (χ1v) is 6.79. The molecule has 0 fully saturated rings. The summed E-state index contributed by atoms with van der Waals surface area (Å²) in [7, 11) is -3.35. The van der Waals surface area contributed by atoms with E-state index in [9.17, 15) is 13.2 Å². The van der Waals surface area contributed by atoms with Crippen LogP contribution in [0.5, 0.6) is 0 Å². The van der Waals surface area contributed by atoms with Crippen molar-refractivity contribution < 1.29 is 23.1 Å². The predicted molar refractivity (Wildman–Crippen MR) is 59.7 cm³/mol. The van der Waals surface area contributed by atoms with Crippen molar-refractivity contribution in [3.05, 3.63) is 0 Å². The molecule has 0 amide bonds. The normalized spacial score (nSPS) is 13.6. The Morgan fingerprint density at radius 2 is 2.12 bits per heavy atom. The van der Waals surface area contributed by atoms with E-state index in [4.69, 9.17) is 9.84 Å². The molecule has 0 rings (SSSR count). The molecule has 2 N–H and O–H groups in total. The van der Waals surface area contributed by atoms with Crippen molar-refractivity contribution in [3.63, 3.8) is 0 Å². The van der Waals surface area contributed by atoms with Crippen molar-refractivity contribution in [1.82, 2.24) is 4.72 Å². The van der Waals surface area contributed by atoms with Crippen LogP contribution in [0.15, 0.2) is 0 Å².